The first kappa shape index (κ1) is 26.1. The van der Waals surface area contributed by atoms with Crippen LogP contribution >= 0.6 is 24.8 Å². The molecular formula is C16H28Cl2N4O4S. The molecule has 0 aromatic heterocycles. The van der Waals surface area contributed by atoms with Crippen molar-refractivity contribution in [3.05, 3.63) is 24.3 Å². The summed E-state index contributed by atoms with van der Waals surface area (Å²) in [6.45, 7) is 3.59. The third-order valence-corrected chi connectivity index (χ3v) is 5.88. The molecule has 2 rings (SSSR count). The Morgan fingerprint density at radius 3 is 2.48 bits per heavy atom. The summed E-state index contributed by atoms with van der Waals surface area (Å²) in [5.74, 6) is -0.231. The van der Waals surface area contributed by atoms with Crippen LogP contribution in [0.1, 0.15) is 0 Å². The lowest BCUT2D eigenvalue weighted by atomic mass is 10.3. The number of rotatable bonds is 8. The summed E-state index contributed by atoms with van der Waals surface area (Å²) in [4.78, 5) is 14.2. The summed E-state index contributed by atoms with van der Waals surface area (Å²) in [5.41, 5.74) is 0.466. The molecule has 1 aliphatic heterocycles. The first-order chi connectivity index (χ1) is 11.9. The molecule has 0 radical (unpaired) electrons. The summed E-state index contributed by atoms with van der Waals surface area (Å²) in [7, 11) is 0.0195. The highest BCUT2D eigenvalue weighted by molar-refractivity contribution is 7.89. The molecule has 0 unspecified atom stereocenters. The van der Waals surface area contributed by atoms with Gasteiger partial charge in [-0.25, -0.2) is 8.42 Å². The predicted molar refractivity (Wildman–Crippen MR) is 111 cm³/mol. The Labute approximate surface area is 173 Å². The smallest absolute Gasteiger partial charge is 0.243 e. The van der Waals surface area contributed by atoms with Crippen molar-refractivity contribution < 1.29 is 17.9 Å². The fourth-order valence-corrected chi connectivity index (χ4v) is 3.96. The van der Waals surface area contributed by atoms with Crippen molar-refractivity contribution in [1.29, 1.82) is 0 Å². The molecule has 11 heteroatoms. The van der Waals surface area contributed by atoms with E-state index in [9.17, 15) is 13.2 Å². The molecule has 0 aliphatic carbocycles. The monoisotopic (exact) mass is 442 g/mol. The van der Waals surface area contributed by atoms with Gasteiger partial charge in [0.15, 0.2) is 0 Å². The lowest BCUT2D eigenvalue weighted by molar-refractivity contribution is -0.115. The van der Waals surface area contributed by atoms with Crippen LogP contribution in [-0.2, 0) is 19.6 Å². The number of carbonyl (C=O) groups is 1. The number of amides is 1. The Balaban J connectivity index is 0.00000338. The number of halogens is 2. The molecule has 8 nitrogen and oxygen atoms in total. The van der Waals surface area contributed by atoms with Crippen molar-refractivity contribution in [3.63, 3.8) is 0 Å². The van der Waals surface area contributed by atoms with E-state index in [0.717, 1.165) is 0 Å². The van der Waals surface area contributed by atoms with Gasteiger partial charge in [0, 0.05) is 45.5 Å². The number of piperazine rings is 1. The fourth-order valence-electron chi connectivity index (χ4n) is 2.49. The number of hydrogen-bond donors (Lipinski definition) is 2. The Hall–Kier alpha value is -0.940. The lowest BCUT2D eigenvalue weighted by Crippen LogP contribution is -2.47. The molecule has 0 bridgehead atoms. The minimum absolute atomic E-state index is 0. The second-order valence-electron chi connectivity index (χ2n) is 5.95. The number of nitrogens with one attached hydrogen (secondary N) is 2. The van der Waals surface area contributed by atoms with E-state index in [0.29, 0.717) is 45.0 Å². The van der Waals surface area contributed by atoms with Crippen LogP contribution in [0.2, 0.25) is 0 Å². The normalized spacial score (nSPS) is 15.5. The Morgan fingerprint density at radius 2 is 1.85 bits per heavy atom. The van der Waals surface area contributed by atoms with Crippen LogP contribution in [0.15, 0.2) is 29.2 Å². The maximum absolute atomic E-state index is 12.7. The molecule has 1 aliphatic rings. The van der Waals surface area contributed by atoms with Crippen LogP contribution < -0.4 is 10.6 Å². The summed E-state index contributed by atoms with van der Waals surface area (Å²) >= 11 is 0. The predicted octanol–water partition coefficient (Wildman–Crippen LogP) is 0.641. The zero-order chi connectivity index (χ0) is 18.3. The molecule has 0 spiro atoms. The molecule has 1 aromatic carbocycles. The fraction of sp³-hybridized carbons (Fsp3) is 0.562. The number of likely N-dealkylation sites (N-methyl/N-ethyl adjacent to an activating group) is 1. The highest BCUT2D eigenvalue weighted by atomic mass is 35.5. The van der Waals surface area contributed by atoms with Crippen molar-refractivity contribution in [2.24, 2.45) is 0 Å². The van der Waals surface area contributed by atoms with Gasteiger partial charge in [0.25, 0.3) is 0 Å². The maximum atomic E-state index is 12.7. The number of carbonyl (C=O) groups excluding carboxylic acids is 1. The molecular weight excluding hydrogens is 415 g/mol. The zero-order valence-corrected chi connectivity index (χ0v) is 18.0. The van der Waals surface area contributed by atoms with Gasteiger partial charge in [-0.05, 0) is 25.2 Å². The lowest BCUT2D eigenvalue weighted by Gasteiger charge is -2.31. The van der Waals surface area contributed by atoms with E-state index in [1.54, 1.807) is 25.3 Å². The average molecular weight is 443 g/mol. The molecule has 1 fully saturated rings. The van der Waals surface area contributed by atoms with Gasteiger partial charge in [-0.3, -0.25) is 4.79 Å². The van der Waals surface area contributed by atoms with Gasteiger partial charge >= 0.3 is 0 Å². The molecule has 1 amide bonds. The summed E-state index contributed by atoms with van der Waals surface area (Å²) < 4.78 is 31.9. The minimum Gasteiger partial charge on any atom is -0.383 e. The number of sulfonamides is 1. The SMILES string of the molecule is COCCNCC(=O)Nc1cccc(S(=O)(=O)N2CCN(C)CC2)c1.Cl.Cl. The number of anilines is 1. The summed E-state index contributed by atoms with van der Waals surface area (Å²) in [5, 5.41) is 5.65. The first-order valence-corrected chi connectivity index (χ1v) is 9.66. The number of methoxy groups -OCH3 is 1. The van der Waals surface area contributed by atoms with E-state index in [1.165, 1.54) is 10.4 Å². The van der Waals surface area contributed by atoms with E-state index in [-0.39, 0.29) is 42.2 Å². The molecule has 0 saturated carbocycles. The molecule has 156 valence electrons. The summed E-state index contributed by atoms with van der Waals surface area (Å²) in [6.07, 6.45) is 0. The van der Waals surface area contributed by atoms with E-state index < -0.39 is 10.0 Å². The van der Waals surface area contributed by atoms with E-state index >= 15 is 0 Å². The Kier molecular flexibility index (Phi) is 12.1. The van der Waals surface area contributed by atoms with E-state index in [4.69, 9.17) is 4.74 Å². The zero-order valence-electron chi connectivity index (χ0n) is 15.5. The van der Waals surface area contributed by atoms with Gasteiger partial charge in [-0.2, -0.15) is 4.31 Å². The largest absolute Gasteiger partial charge is 0.383 e. The van der Waals surface area contributed by atoms with Crippen LogP contribution in [0.5, 0.6) is 0 Å². The second kappa shape index (κ2) is 12.5. The van der Waals surface area contributed by atoms with Crippen LogP contribution in [-0.4, -0.2) is 83.6 Å². The Morgan fingerprint density at radius 1 is 1.19 bits per heavy atom. The highest BCUT2D eigenvalue weighted by Gasteiger charge is 2.27. The molecule has 0 atom stereocenters. The first-order valence-electron chi connectivity index (χ1n) is 8.22. The van der Waals surface area contributed by atoms with Gasteiger partial charge in [0.2, 0.25) is 15.9 Å². The van der Waals surface area contributed by atoms with E-state index in [1.807, 2.05) is 7.05 Å². The molecule has 1 saturated heterocycles. The van der Waals surface area contributed by atoms with Crippen molar-refractivity contribution in [2.45, 2.75) is 4.90 Å². The van der Waals surface area contributed by atoms with Gasteiger partial charge in [0.05, 0.1) is 18.0 Å². The number of nitrogens with zero attached hydrogens (tertiary/aromatic N) is 2. The summed E-state index contributed by atoms with van der Waals surface area (Å²) in [6, 6.07) is 6.37. The van der Waals surface area contributed by atoms with Crippen LogP contribution in [0.4, 0.5) is 5.69 Å². The van der Waals surface area contributed by atoms with Crippen LogP contribution in [0.25, 0.3) is 0 Å². The topological polar surface area (TPSA) is 91.0 Å². The highest BCUT2D eigenvalue weighted by Crippen LogP contribution is 2.20. The third kappa shape index (κ3) is 7.90. The molecule has 2 N–H and O–H groups in total. The van der Waals surface area contributed by atoms with Gasteiger partial charge < -0.3 is 20.3 Å². The van der Waals surface area contributed by atoms with Crippen molar-refractivity contribution in [1.82, 2.24) is 14.5 Å². The molecule has 1 aromatic rings. The third-order valence-electron chi connectivity index (χ3n) is 3.99. The van der Waals surface area contributed by atoms with Crippen molar-refractivity contribution in [3.8, 4) is 0 Å². The molecule has 27 heavy (non-hydrogen) atoms. The van der Waals surface area contributed by atoms with Crippen molar-refractivity contribution >= 4 is 46.4 Å². The quantitative estimate of drug-likeness (QED) is 0.574. The standard InChI is InChI=1S/C16H26N4O4S.2ClH/c1-19-7-9-20(10-8-19)25(22,23)15-5-3-4-14(12-15)18-16(21)13-17-6-11-24-2;;/h3-5,12,17H,6-11,13H2,1-2H3,(H,18,21);2*1H. The molecule has 1 heterocycles. The number of benzene rings is 1. The van der Waals surface area contributed by atoms with Crippen LogP contribution in [0.3, 0.4) is 0 Å². The maximum Gasteiger partial charge on any atom is 0.243 e. The minimum atomic E-state index is -3.54. The van der Waals surface area contributed by atoms with Crippen LogP contribution in [0, 0.1) is 0 Å². The van der Waals surface area contributed by atoms with Gasteiger partial charge in [-0.1, -0.05) is 6.07 Å². The average Bonchev–Trinajstić information content (AvgIpc) is 2.59. The second-order valence-corrected chi connectivity index (χ2v) is 7.89. The van der Waals surface area contributed by atoms with Gasteiger partial charge in [-0.15, -0.1) is 24.8 Å². The Bertz CT molecular complexity index is 683. The van der Waals surface area contributed by atoms with E-state index in [2.05, 4.69) is 15.5 Å². The number of hydrogen-bond acceptors (Lipinski definition) is 6. The van der Waals surface area contributed by atoms with Gasteiger partial charge in [0.1, 0.15) is 0 Å². The number of ether oxygens (including phenoxy) is 1. The van der Waals surface area contributed by atoms with Crippen molar-refractivity contribution in [2.75, 3.05) is 65.3 Å².